The van der Waals surface area contributed by atoms with Gasteiger partial charge in [0.15, 0.2) is 0 Å². The molecular formula is C15H18BN2O. The van der Waals surface area contributed by atoms with E-state index in [-0.39, 0.29) is 0 Å². The second-order valence-corrected chi connectivity index (χ2v) is 4.51. The SMILES string of the molecule is C#Cc1ccc(C[B]C#N)c(OCCCN(C)C)c1. The minimum Gasteiger partial charge on any atom is -0.493 e. The summed E-state index contributed by atoms with van der Waals surface area (Å²) in [6, 6.07) is 5.65. The van der Waals surface area contributed by atoms with Crippen LogP contribution < -0.4 is 4.74 Å². The van der Waals surface area contributed by atoms with Crippen LogP contribution in [0.5, 0.6) is 5.75 Å². The van der Waals surface area contributed by atoms with Crippen LogP contribution in [0, 0.1) is 23.6 Å². The van der Waals surface area contributed by atoms with E-state index in [4.69, 9.17) is 16.4 Å². The van der Waals surface area contributed by atoms with E-state index < -0.39 is 0 Å². The molecule has 0 bridgehead atoms. The summed E-state index contributed by atoms with van der Waals surface area (Å²) in [5.41, 5.74) is 1.79. The van der Waals surface area contributed by atoms with Gasteiger partial charge in [-0.2, -0.15) is 0 Å². The fraction of sp³-hybridized carbons (Fsp3) is 0.400. The van der Waals surface area contributed by atoms with E-state index in [1.54, 1.807) is 7.28 Å². The number of nitriles is 1. The zero-order valence-electron chi connectivity index (χ0n) is 11.5. The molecule has 0 fully saturated rings. The van der Waals surface area contributed by atoms with Crippen LogP contribution in [0.25, 0.3) is 0 Å². The Hall–Kier alpha value is -1.91. The molecule has 0 heterocycles. The maximum atomic E-state index is 8.61. The number of hydrogen-bond acceptors (Lipinski definition) is 3. The third-order valence-electron chi connectivity index (χ3n) is 2.65. The van der Waals surface area contributed by atoms with Gasteiger partial charge >= 0.3 is 0 Å². The van der Waals surface area contributed by atoms with Crippen LogP contribution in [0.2, 0.25) is 0 Å². The monoisotopic (exact) mass is 253 g/mol. The average molecular weight is 253 g/mol. The van der Waals surface area contributed by atoms with Gasteiger partial charge in [0.25, 0.3) is 7.28 Å². The van der Waals surface area contributed by atoms with Crippen LogP contribution >= 0.6 is 0 Å². The quantitative estimate of drug-likeness (QED) is 0.421. The van der Waals surface area contributed by atoms with E-state index in [9.17, 15) is 0 Å². The number of rotatable bonds is 7. The van der Waals surface area contributed by atoms with Crippen LogP contribution in [0.4, 0.5) is 0 Å². The van der Waals surface area contributed by atoms with Gasteiger partial charge < -0.3 is 9.64 Å². The second-order valence-electron chi connectivity index (χ2n) is 4.51. The van der Waals surface area contributed by atoms with Gasteiger partial charge in [-0.1, -0.05) is 12.0 Å². The number of ether oxygens (including phenoxy) is 1. The first-order valence-electron chi connectivity index (χ1n) is 6.25. The molecule has 0 saturated heterocycles. The Morgan fingerprint density at radius 2 is 2.21 bits per heavy atom. The first-order valence-corrected chi connectivity index (χ1v) is 6.25. The molecule has 0 aliphatic carbocycles. The van der Waals surface area contributed by atoms with E-state index in [1.165, 1.54) is 0 Å². The standard InChI is InChI=1S/C15H18BN2O/c1-4-13-6-7-14(11-16-12-17)15(10-13)19-9-5-8-18(2)3/h1,6-7,10H,5,8-9,11H2,2-3H3. The average Bonchev–Trinajstić information content (AvgIpc) is 2.41. The van der Waals surface area contributed by atoms with Gasteiger partial charge in [-0.15, -0.1) is 6.42 Å². The molecule has 19 heavy (non-hydrogen) atoms. The lowest BCUT2D eigenvalue weighted by Crippen LogP contribution is -2.15. The lowest BCUT2D eigenvalue weighted by atomic mass is 9.74. The number of hydrogen-bond donors (Lipinski definition) is 0. The molecule has 0 aliphatic heterocycles. The van der Waals surface area contributed by atoms with Gasteiger partial charge in [-0.05, 0) is 50.5 Å². The van der Waals surface area contributed by atoms with E-state index in [1.807, 2.05) is 38.3 Å². The smallest absolute Gasteiger partial charge is 0.259 e. The number of terminal acetylenes is 1. The van der Waals surface area contributed by atoms with Gasteiger partial charge in [-0.25, -0.2) is 5.26 Å². The first-order chi connectivity index (χ1) is 9.17. The Kier molecular flexibility index (Phi) is 6.57. The second kappa shape index (κ2) is 8.24. The van der Waals surface area contributed by atoms with Gasteiger partial charge in [0.2, 0.25) is 0 Å². The highest BCUT2D eigenvalue weighted by Gasteiger charge is 2.06. The molecule has 3 nitrogen and oxygen atoms in total. The predicted molar refractivity (Wildman–Crippen MR) is 78.1 cm³/mol. The molecule has 0 aliphatic rings. The summed E-state index contributed by atoms with van der Waals surface area (Å²) in [7, 11) is 5.62. The van der Waals surface area contributed by atoms with Crippen molar-refractivity contribution < 1.29 is 4.74 Å². The van der Waals surface area contributed by atoms with Crippen molar-refractivity contribution in [1.29, 1.82) is 5.26 Å². The fourth-order valence-electron chi connectivity index (χ4n) is 1.67. The lowest BCUT2D eigenvalue weighted by molar-refractivity contribution is 0.280. The van der Waals surface area contributed by atoms with Crippen LogP contribution in [-0.4, -0.2) is 39.4 Å². The summed E-state index contributed by atoms with van der Waals surface area (Å²) >= 11 is 0. The highest BCUT2D eigenvalue weighted by atomic mass is 16.5. The minimum absolute atomic E-state index is 0.574. The molecule has 0 N–H and O–H groups in total. The van der Waals surface area contributed by atoms with Gasteiger partial charge in [0.05, 0.1) is 6.61 Å². The third kappa shape index (κ3) is 5.51. The van der Waals surface area contributed by atoms with E-state index in [0.29, 0.717) is 12.9 Å². The molecule has 0 atom stereocenters. The van der Waals surface area contributed by atoms with Crippen molar-refractivity contribution in [3.05, 3.63) is 29.3 Å². The van der Waals surface area contributed by atoms with E-state index in [2.05, 4.69) is 10.8 Å². The van der Waals surface area contributed by atoms with Crippen LogP contribution in [0.15, 0.2) is 18.2 Å². The van der Waals surface area contributed by atoms with Crippen LogP contribution in [0.3, 0.4) is 0 Å². The minimum atomic E-state index is 0.574. The molecule has 0 saturated carbocycles. The summed E-state index contributed by atoms with van der Waals surface area (Å²) in [4.78, 5) is 2.12. The first kappa shape index (κ1) is 15.2. The van der Waals surface area contributed by atoms with Gasteiger partial charge in [-0.3, -0.25) is 0 Å². The summed E-state index contributed by atoms with van der Waals surface area (Å²) in [6.45, 7) is 1.63. The van der Waals surface area contributed by atoms with E-state index >= 15 is 0 Å². The molecule has 4 heteroatoms. The lowest BCUT2D eigenvalue weighted by Gasteiger charge is -2.13. The van der Waals surface area contributed by atoms with Crippen molar-refractivity contribution in [3.8, 4) is 24.1 Å². The summed E-state index contributed by atoms with van der Waals surface area (Å²) in [6.07, 6.45) is 6.92. The van der Waals surface area contributed by atoms with Crippen molar-refractivity contribution >= 4 is 7.28 Å². The highest BCUT2D eigenvalue weighted by Crippen LogP contribution is 2.21. The summed E-state index contributed by atoms with van der Waals surface area (Å²) in [5, 5.41) is 8.61. The fourth-order valence-corrected chi connectivity index (χ4v) is 1.67. The zero-order chi connectivity index (χ0) is 14.1. The Morgan fingerprint density at radius 1 is 1.42 bits per heavy atom. The molecule has 97 valence electrons. The topological polar surface area (TPSA) is 36.3 Å². The van der Waals surface area contributed by atoms with Crippen LogP contribution in [-0.2, 0) is 6.32 Å². The van der Waals surface area contributed by atoms with E-state index in [0.717, 1.165) is 29.8 Å². The van der Waals surface area contributed by atoms with Crippen molar-refractivity contribution in [1.82, 2.24) is 4.90 Å². The Bertz CT molecular complexity index is 486. The number of benzene rings is 1. The molecule has 0 unspecified atom stereocenters. The Balaban J connectivity index is 2.66. The Morgan fingerprint density at radius 3 is 2.84 bits per heavy atom. The van der Waals surface area contributed by atoms with Crippen LogP contribution in [0.1, 0.15) is 17.5 Å². The molecule has 1 aromatic carbocycles. The molecule has 0 amide bonds. The zero-order valence-corrected chi connectivity index (χ0v) is 11.5. The summed E-state index contributed by atoms with van der Waals surface area (Å²) < 4.78 is 5.78. The highest BCUT2D eigenvalue weighted by molar-refractivity contribution is 6.44. The normalized spacial score (nSPS) is 9.74. The largest absolute Gasteiger partial charge is 0.493 e. The molecule has 0 aromatic heterocycles. The molecule has 1 aromatic rings. The maximum absolute atomic E-state index is 8.61. The van der Waals surface area contributed by atoms with Gasteiger partial charge in [0, 0.05) is 12.1 Å². The van der Waals surface area contributed by atoms with Crippen molar-refractivity contribution in [3.63, 3.8) is 0 Å². The maximum Gasteiger partial charge on any atom is 0.259 e. The van der Waals surface area contributed by atoms with Gasteiger partial charge in [0.1, 0.15) is 5.75 Å². The van der Waals surface area contributed by atoms with Crippen molar-refractivity contribution in [2.24, 2.45) is 0 Å². The Labute approximate surface area is 116 Å². The molecule has 1 radical (unpaired) electrons. The van der Waals surface area contributed by atoms with Crippen molar-refractivity contribution in [2.75, 3.05) is 27.2 Å². The molecule has 1 rings (SSSR count). The predicted octanol–water partition coefficient (Wildman–Crippen LogP) is 1.68. The number of nitrogens with zero attached hydrogens (tertiary/aromatic N) is 2. The summed E-state index contributed by atoms with van der Waals surface area (Å²) in [5.74, 6) is 5.40. The molecular weight excluding hydrogens is 235 g/mol. The molecule has 0 spiro atoms. The van der Waals surface area contributed by atoms with Crippen molar-refractivity contribution in [2.45, 2.75) is 12.7 Å². The third-order valence-corrected chi connectivity index (χ3v) is 2.65.